The highest BCUT2D eigenvalue weighted by atomic mass is 79.9. The lowest BCUT2D eigenvalue weighted by Crippen LogP contribution is -1.99. The SMILES string of the molecule is Brc1ccc(-c2csc(CCC3CC3)n2)cn1.CC(=O)c1ccc(Br)nc1.N#Cc1ccc(-c2csc(CCC3CC3)n2)cn1.NCc1ccc(-c2csc(CCC3CC3)n2)cn1.O=C(CBr)c1ccc(Br)nc1. The quantitative estimate of drug-likeness (QED) is 0.0549. The fourth-order valence-electron chi connectivity index (χ4n) is 6.91. The normalized spacial score (nSPS) is 13.3. The first-order chi connectivity index (χ1) is 35.9. The van der Waals surface area contributed by atoms with Gasteiger partial charge in [0.2, 0.25) is 0 Å². The standard InChI is InChI=1S/C14H17N3S.C14H13N3S.C13H13BrN2S.C7H5Br2NO.C7H6BrNO/c2*15-7-12-5-4-11(8-16-12)13-9-18-14(17-13)6-3-10-1-2-10;14-12-5-4-10(7-15-12)11-8-17-13(16-11)6-3-9-1-2-9;8-3-6(11)5-1-2-7(9)10-4-5;1-5(10)6-2-3-7(8)9-4-6/h4-5,8-10H,1-3,6-7,15H2;4-5,8-10H,1-3,6H2;4-5,7-9H,1-3,6H2;1-2,4H,3H2;2-4H,1H3. The number of alkyl halides is 1. The zero-order valence-corrected chi connectivity index (χ0v) is 49.5. The van der Waals surface area contributed by atoms with Crippen molar-refractivity contribution in [3.8, 4) is 39.8 Å². The molecule has 3 fully saturated rings. The number of aryl methyl sites for hydroxylation is 3. The number of rotatable bonds is 16. The Labute approximate surface area is 478 Å². The van der Waals surface area contributed by atoms with Crippen molar-refractivity contribution in [3.05, 3.63) is 159 Å². The third-order valence-corrected chi connectivity index (χ3v) is 16.5. The monoisotopic (exact) mass is 1300 g/mol. The first-order valence-corrected chi connectivity index (χ1v) is 30.4. The van der Waals surface area contributed by atoms with Gasteiger partial charge in [0, 0.05) is 81.5 Å². The predicted molar refractivity (Wildman–Crippen MR) is 311 cm³/mol. The van der Waals surface area contributed by atoms with Crippen molar-refractivity contribution < 1.29 is 9.59 Å². The van der Waals surface area contributed by atoms with Gasteiger partial charge in [-0.2, -0.15) is 5.26 Å². The second-order valence-corrected chi connectivity index (χ2v) is 23.7. The maximum absolute atomic E-state index is 11.0. The molecule has 0 bridgehead atoms. The van der Waals surface area contributed by atoms with Crippen LogP contribution in [0.15, 0.2) is 122 Å². The van der Waals surface area contributed by atoms with E-state index in [-0.39, 0.29) is 11.6 Å². The Morgan fingerprint density at radius 3 is 1.30 bits per heavy atom. The summed E-state index contributed by atoms with van der Waals surface area (Å²) in [6.07, 6.45) is 24.3. The molecule has 8 aromatic heterocycles. The number of ketones is 2. The molecule has 0 saturated heterocycles. The molecule has 11 rings (SSSR count). The second kappa shape index (κ2) is 29.6. The van der Waals surface area contributed by atoms with E-state index in [2.05, 4.69) is 132 Å². The molecule has 12 nitrogen and oxygen atoms in total. The van der Waals surface area contributed by atoms with Gasteiger partial charge in [-0.15, -0.1) is 34.0 Å². The number of nitrogens with two attached hydrogens (primary N) is 1. The molecule has 3 aliphatic rings. The van der Waals surface area contributed by atoms with E-state index < -0.39 is 0 Å². The highest BCUT2D eigenvalue weighted by molar-refractivity contribution is 9.11. The van der Waals surface area contributed by atoms with Crippen LogP contribution in [0.2, 0.25) is 0 Å². The number of hydrogen-bond donors (Lipinski definition) is 1. The number of nitriles is 1. The summed E-state index contributed by atoms with van der Waals surface area (Å²) >= 11 is 18.0. The van der Waals surface area contributed by atoms with Crippen LogP contribution in [0, 0.1) is 29.1 Å². The van der Waals surface area contributed by atoms with Gasteiger partial charge < -0.3 is 5.73 Å². The largest absolute Gasteiger partial charge is 0.325 e. The smallest absolute Gasteiger partial charge is 0.174 e. The molecule has 3 saturated carbocycles. The molecule has 0 spiro atoms. The topological polar surface area (TPSA) is 187 Å². The molecule has 0 radical (unpaired) electrons. The highest BCUT2D eigenvalue weighted by Crippen LogP contribution is 2.36. The summed E-state index contributed by atoms with van der Waals surface area (Å²) in [5, 5.41) is 19.1. The second-order valence-electron chi connectivity index (χ2n) is 17.8. The zero-order valence-electron chi connectivity index (χ0n) is 40.7. The van der Waals surface area contributed by atoms with Crippen LogP contribution in [-0.2, 0) is 25.8 Å². The van der Waals surface area contributed by atoms with Crippen LogP contribution in [0.25, 0.3) is 33.8 Å². The van der Waals surface area contributed by atoms with Gasteiger partial charge in [-0.05, 0) is 172 Å². The van der Waals surface area contributed by atoms with E-state index in [9.17, 15) is 9.59 Å². The van der Waals surface area contributed by atoms with Gasteiger partial charge in [0.1, 0.15) is 25.6 Å². The van der Waals surface area contributed by atoms with Crippen molar-refractivity contribution >= 4 is 109 Å². The molecule has 0 aromatic carbocycles. The Morgan fingerprint density at radius 2 is 0.973 bits per heavy atom. The number of pyridine rings is 5. The number of Topliss-reactive ketones (excluding diaryl/α,β-unsaturated/α-hetero) is 2. The van der Waals surface area contributed by atoms with E-state index in [1.807, 2.05) is 36.7 Å². The highest BCUT2D eigenvalue weighted by Gasteiger charge is 2.23. The van der Waals surface area contributed by atoms with Crippen LogP contribution in [0.3, 0.4) is 0 Å². The summed E-state index contributed by atoms with van der Waals surface area (Å²) in [7, 11) is 0. The van der Waals surface area contributed by atoms with E-state index in [0.29, 0.717) is 28.7 Å². The number of nitrogens with zero attached hydrogens (tertiary/aromatic N) is 9. The number of thiazole rings is 3. The van der Waals surface area contributed by atoms with E-state index >= 15 is 0 Å². The first kappa shape index (κ1) is 57.1. The van der Waals surface area contributed by atoms with Gasteiger partial charge in [-0.1, -0.05) is 54.5 Å². The van der Waals surface area contributed by atoms with Crippen molar-refractivity contribution in [2.24, 2.45) is 23.5 Å². The van der Waals surface area contributed by atoms with E-state index in [0.717, 1.165) is 90.3 Å². The van der Waals surface area contributed by atoms with Crippen LogP contribution >= 0.6 is 97.7 Å². The molecule has 74 heavy (non-hydrogen) atoms. The molecule has 8 heterocycles. The van der Waals surface area contributed by atoms with Gasteiger partial charge in [-0.3, -0.25) is 14.6 Å². The summed E-state index contributed by atoms with van der Waals surface area (Å²) in [5.74, 6) is 3.00. The van der Waals surface area contributed by atoms with E-state index in [1.54, 1.807) is 82.9 Å². The van der Waals surface area contributed by atoms with Gasteiger partial charge >= 0.3 is 0 Å². The zero-order chi connectivity index (χ0) is 52.2. The van der Waals surface area contributed by atoms with Gasteiger partial charge in [0.25, 0.3) is 0 Å². The summed E-state index contributed by atoms with van der Waals surface area (Å²) in [5.41, 5.74) is 14.4. The Balaban J connectivity index is 0.000000138. The molecule has 0 aliphatic heterocycles. The van der Waals surface area contributed by atoms with Crippen molar-refractivity contribution in [2.45, 2.75) is 90.5 Å². The van der Waals surface area contributed by atoms with Crippen LogP contribution < -0.4 is 5.73 Å². The fourth-order valence-corrected chi connectivity index (χ4v) is 10.4. The molecule has 8 aromatic rings. The minimum atomic E-state index is 0.0417. The number of hydrogen-bond acceptors (Lipinski definition) is 15. The van der Waals surface area contributed by atoms with Crippen molar-refractivity contribution in [1.29, 1.82) is 5.26 Å². The predicted octanol–water partition coefficient (Wildman–Crippen LogP) is 15.2. The summed E-state index contributed by atoms with van der Waals surface area (Å²) in [6.45, 7) is 2.01. The Morgan fingerprint density at radius 1 is 0.568 bits per heavy atom. The first-order valence-electron chi connectivity index (χ1n) is 24.2. The third-order valence-electron chi connectivity index (χ3n) is 11.9. The van der Waals surface area contributed by atoms with Crippen LogP contribution in [0.4, 0.5) is 0 Å². The molecule has 382 valence electrons. The van der Waals surface area contributed by atoms with Crippen LogP contribution in [0.1, 0.15) is 112 Å². The van der Waals surface area contributed by atoms with Crippen molar-refractivity contribution in [1.82, 2.24) is 39.9 Å². The lowest BCUT2D eigenvalue weighted by Gasteiger charge is -1.98. The minimum Gasteiger partial charge on any atom is -0.325 e. The summed E-state index contributed by atoms with van der Waals surface area (Å²) in [4.78, 5) is 56.1. The molecule has 2 N–H and O–H groups in total. The minimum absolute atomic E-state index is 0.0417. The fraction of sp³-hybridized carbons (Fsp3) is 0.327. The average Bonchev–Trinajstić information content (AvgIpc) is 4.42. The average molecular weight is 1300 g/mol. The molecule has 3 aliphatic carbocycles. The van der Waals surface area contributed by atoms with Gasteiger partial charge in [0.05, 0.1) is 43.1 Å². The van der Waals surface area contributed by atoms with Gasteiger partial charge in [0.15, 0.2) is 11.6 Å². The molecule has 0 atom stereocenters. The third kappa shape index (κ3) is 19.8. The summed E-state index contributed by atoms with van der Waals surface area (Å²) < 4.78 is 2.35. The number of carbonyl (C=O) groups is 2. The van der Waals surface area contributed by atoms with Crippen molar-refractivity contribution in [2.75, 3.05) is 5.33 Å². The lowest BCUT2D eigenvalue weighted by molar-refractivity contribution is 0.101. The molecular formula is C55H54Br4N10O2S3. The van der Waals surface area contributed by atoms with Crippen LogP contribution in [0.5, 0.6) is 0 Å². The van der Waals surface area contributed by atoms with Crippen LogP contribution in [-0.4, -0.2) is 56.8 Å². The molecule has 0 unspecified atom stereocenters. The number of aromatic nitrogens is 8. The molecule has 19 heteroatoms. The maximum Gasteiger partial charge on any atom is 0.174 e. The number of halogens is 4. The Hall–Kier alpha value is -4.65. The van der Waals surface area contributed by atoms with E-state index in [4.69, 9.17) is 11.0 Å². The Kier molecular flexibility index (Phi) is 22.8. The van der Waals surface area contributed by atoms with Gasteiger partial charge in [-0.25, -0.2) is 34.9 Å². The van der Waals surface area contributed by atoms with E-state index in [1.165, 1.54) is 79.7 Å². The molecule has 0 amide bonds. The molecular weight excluding hydrogens is 1250 g/mol. The van der Waals surface area contributed by atoms with Crippen molar-refractivity contribution in [3.63, 3.8) is 0 Å². The lowest BCUT2D eigenvalue weighted by atomic mass is 10.2. The summed E-state index contributed by atoms with van der Waals surface area (Å²) in [6, 6.07) is 20.7. The number of carbonyl (C=O) groups excluding carboxylic acids is 2. The maximum atomic E-state index is 11.0. The Bertz CT molecular complexity index is 3040.